The van der Waals surface area contributed by atoms with Gasteiger partial charge in [-0.2, -0.15) is 0 Å². The summed E-state index contributed by atoms with van der Waals surface area (Å²) in [5.74, 6) is 0. The number of aliphatic hydroxyl groups is 1. The Morgan fingerprint density at radius 1 is 1.19 bits per heavy atom. The number of hydrogen-bond donors (Lipinski definition) is 2. The molecule has 2 aromatic heterocycles. The van der Waals surface area contributed by atoms with Gasteiger partial charge in [-0.1, -0.05) is 30.3 Å². The Morgan fingerprint density at radius 3 is 2.90 bits per heavy atom. The van der Waals surface area contributed by atoms with E-state index >= 15 is 0 Å². The lowest BCUT2D eigenvalue weighted by atomic mass is 10.1. The van der Waals surface area contributed by atoms with Crippen LogP contribution in [-0.2, 0) is 13.0 Å². The molecular formula is C16H18N4O. The molecule has 0 aliphatic heterocycles. The van der Waals surface area contributed by atoms with E-state index in [0.29, 0.717) is 19.5 Å². The van der Waals surface area contributed by atoms with Gasteiger partial charge in [0.15, 0.2) is 5.65 Å². The van der Waals surface area contributed by atoms with Crippen LogP contribution in [0.1, 0.15) is 11.3 Å². The summed E-state index contributed by atoms with van der Waals surface area (Å²) in [6, 6.07) is 10.0. The van der Waals surface area contributed by atoms with Crippen LogP contribution in [0.5, 0.6) is 0 Å². The molecule has 0 fully saturated rings. The van der Waals surface area contributed by atoms with Crippen LogP contribution in [0.4, 0.5) is 0 Å². The summed E-state index contributed by atoms with van der Waals surface area (Å²) in [6.45, 7) is 1.21. The predicted molar refractivity (Wildman–Crippen MR) is 80.8 cm³/mol. The molecule has 5 heteroatoms. The van der Waals surface area contributed by atoms with Gasteiger partial charge >= 0.3 is 0 Å². The first kappa shape index (κ1) is 13.7. The molecule has 5 nitrogen and oxygen atoms in total. The standard InChI is InChI=1S/C16H18N4O/c21-15(8-13-4-2-1-3-5-13)11-18-9-14-10-19-16-12-17-6-7-20(14)16/h1-7,10,12,15,18,21H,8-9,11H2. The van der Waals surface area contributed by atoms with Crippen molar-refractivity contribution in [2.45, 2.75) is 19.1 Å². The van der Waals surface area contributed by atoms with Crippen molar-refractivity contribution < 1.29 is 5.11 Å². The van der Waals surface area contributed by atoms with Gasteiger partial charge < -0.3 is 10.4 Å². The van der Waals surface area contributed by atoms with Crippen LogP contribution in [0, 0.1) is 0 Å². The molecular weight excluding hydrogens is 264 g/mol. The number of aromatic nitrogens is 3. The summed E-state index contributed by atoms with van der Waals surface area (Å²) in [6.07, 6.45) is 7.45. The number of rotatable bonds is 6. The Morgan fingerprint density at radius 2 is 2.05 bits per heavy atom. The van der Waals surface area contributed by atoms with Gasteiger partial charge in [-0.3, -0.25) is 9.38 Å². The first-order chi connectivity index (χ1) is 10.3. The molecule has 0 bridgehead atoms. The lowest BCUT2D eigenvalue weighted by molar-refractivity contribution is 0.171. The van der Waals surface area contributed by atoms with Gasteiger partial charge in [-0.05, 0) is 12.0 Å². The zero-order valence-corrected chi connectivity index (χ0v) is 11.7. The smallest absolute Gasteiger partial charge is 0.155 e. The van der Waals surface area contributed by atoms with Gasteiger partial charge in [-0.25, -0.2) is 4.98 Å². The average Bonchev–Trinajstić information content (AvgIpc) is 2.92. The molecule has 0 aliphatic carbocycles. The normalized spacial score (nSPS) is 12.6. The summed E-state index contributed by atoms with van der Waals surface area (Å²) in [4.78, 5) is 8.32. The fourth-order valence-electron chi connectivity index (χ4n) is 2.35. The maximum atomic E-state index is 10.0. The highest BCUT2D eigenvalue weighted by Gasteiger charge is 2.06. The highest BCUT2D eigenvalue weighted by atomic mass is 16.3. The van der Waals surface area contributed by atoms with E-state index in [1.807, 2.05) is 47.1 Å². The van der Waals surface area contributed by atoms with Gasteiger partial charge in [0.1, 0.15) is 0 Å². The molecule has 3 rings (SSSR count). The fraction of sp³-hybridized carbons (Fsp3) is 0.250. The molecule has 21 heavy (non-hydrogen) atoms. The third kappa shape index (κ3) is 3.45. The zero-order valence-electron chi connectivity index (χ0n) is 11.7. The predicted octanol–water partition coefficient (Wildman–Crippen LogP) is 1.42. The van der Waals surface area contributed by atoms with Crippen molar-refractivity contribution in [3.05, 3.63) is 66.4 Å². The molecule has 0 spiro atoms. The van der Waals surface area contributed by atoms with E-state index in [0.717, 1.165) is 16.9 Å². The van der Waals surface area contributed by atoms with Gasteiger partial charge in [0.05, 0.1) is 24.2 Å². The van der Waals surface area contributed by atoms with E-state index in [4.69, 9.17) is 0 Å². The van der Waals surface area contributed by atoms with Crippen molar-refractivity contribution in [2.75, 3.05) is 6.54 Å². The molecule has 0 saturated carbocycles. The van der Waals surface area contributed by atoms with Crippen LogP contribution < -0.4 is 5.32 Å². The molecule has 1 atom stereocenters. The van der Waals surface area contributed by atoms with Crippen LogP contribution in [0.3, 0.4) is 0 Å². The summed E-state index contributed by atoms with van der Waals surface area (Å²) in [7, 11) is 0. The number of aliphatic hydroxyl groups excluding tert-OH is 1. The SMILES string of the molecule is OC(CNCc1cnc2cnccn12)Cc1ccccc1. The van der Waals surface area contributed by atoms with Gasteiger partial charge in [0, 0.05) is 25.5 Å². The molecule has 0 aliphatic rings. The lowest BCUT2D eigenvalue weighted by Crippen LogP contribution is -2.28. The van der Waals surface area contributed by atoms with Crippen molar-refractivity contribution in [1.29, 1.82) is 0 Å². The van der Waals surface area contributed by atoms with Gasteiger partial charge in [-0.15, -0.1) is 0 Å². The Kier molecular flexibility index (Phi) is 4.23. The van der Waals surface area contributed by atoms with Crippen molar-refractivity contribution in [3.63, 3.8) is 0 Å². The number of nitrogens with one attached hydrogen (secondary N) is 1. The monoisotopic (exact) mass is 282 g/mol. The Balaban J connectivity index is 1.52. The van der Waals surface area contributed by atoms with Crippen LogP contribution in [-0.4, -0.2) is 32.1 Å². The maximum Gasteiger partial charge on any atom is 0.155 e. The van der Waals surface area contributed by atoms with E-state index in [1.54, 1.807) is 12.4 Å². The van der Waals surface area contributed by atoms with Gasteiger partial charge in [0.2, 0.25) is 0 Å². The van der Waals surface area contributed by atoms with Crippen LogP contribution in [0.15, 0.2) is 55.1 Å². The van der Waals surface area contributed by atoms with E-state index in [1.165, 1.54) is 0 Å². The second kappa shape index (κ2) is 6.47. The molecule has 0 saturated heterocycles. The second-order valence-corrected chi connectivity index (χ2v) is 5.03. The van der Waals surface area contributed by atoms with Crippen LogP contribution in [0.25, 0.3) is 5.65 Å². The molecule has 0 amide bonds. The second-order valence-electron chi connectivity index (χ2n) is 5.03. The van der Waals surface area contributed by atoms with E-state index in [2.05, 4.69) is 15.3 Å². The maximum absolute atomic E-state index is 10.0. The molecule has 0 radical (unpaired) electrons. The third-order valence-corrected chi connectivity index (χ3v) is 3.39. The number of benzene rings is 1. The molecule has 2 N–H and O–H groups in total. The summed E-state index contributed by atoms with van der Waals surface area (Å²) in [5, 5.41) is 13.3. The minimum Gasteiger partial charge on any atom is -0.391 e. The number of fused-ring (bicyclic) bond motifs is 1. The summed E-state index contributed by atoms with van der Waals surface area (Å²) >= 11 is 0. The first-order valence-corrected chi connectivity index (χ1v) is 7.01. The molecule has 108 valence electrons. The largest absolute Gasteiger partial charge is 0.391 e. The van der Waals surface area contributed by atoms with Crippen molar-refractivity contribution >= 4 is 5.65 Å². The van der Waals surface area contributed by atoms with Crippen molar-refractivity contribution in [2.24, 2.45) is 0 Å². The van der Waals surface area contributed by atoms with Crippen LogP contribution in [0.2, 0.25) is 0 Å². The fourth-order valence-corrected chi connectivity index (χ4v) is 2.35. The van der Waals surface area contributed by atoms with Gasteiger partial charge in [0.25, 0.3) is 0 Å². The van der Waals surface area contributed by atoms with E-state index in [9.17, 15) is 5.11 Å². The third-order valence-electron chi connectivity index (χ3n) is 3.39. The average molecular weight is 282 g/mol. The number of imidazole rings is 1. The Hall–Kier alpha value is -2.24. The molecule has 3 aromatic rings. The highest BCUT2D eigenvalue weighted by Crippen LogP contribution is 2.05. The van der Waals surface area contributed by atoms with E-state index in [-0.39, 0.29) is 0 Å². The quantitative estimate of drug-likeness (QED) is 0.718. The minimum absolute atomic E-state index is 0.395. The molecule has 1 aromatic carbocycles. The van der Waals surface area contributed by atoms with E-state index < -0.39 is 6.10 Å². The topological polar surface area (TPSA) is 62.5 Å². The lowest BCUT2D eigenvalue weighted by Gasteiger charge is -2.11. The van der Waals surface area contributed by atoms with Crippen LogP contribution >= 0.6 is 0 Å². The Labute approximate surface area is 123 Å². The molecule has 1 unspecified atom stereocenters. The number of nitrogens with zero attached hydrogens (tertiary/aromatic N) is 3. The Bertz CT molecular complexity index is 696. The molecule has 2 heterocycles. The zero-order chi connectivity index (χ0) is 14.5. The minimum atomic E-state index is -0.395. The number of hydrogen-bond acceptors (Lipinski definition) is 4. The van der Waals surface area contributed by atoms with Crippen molar-refractivity contribution in [1.82, 2.24) is 19.7 Å². The summed E-state index contributed by atoms with van der Waals surface area (Å²) < 4.78 is 1.99. The summed E-state index contributed by atoms with van der Waals surface area (Å²) in [5.41, 5.74) is 3.03. The first-order valence-electron chi connectivity index (χ1n) is 7.01. The highest BCUT2D eigenvalue weighted by molar-refractivity contribution is 5.36. The van der Waals surface area contributed by atoms with Crippen molar-refractivity contribution in [3.8, 4) is 0 Å².